The van der Waals surface area contributed by atoms with Gasteiger partial charge in [-0.2, -0.15) is 0 Å². The third-order valence-corrected chi connectivity index (χ3v) is 3.88. The first-order valence-corrected chi connectivity index (χ1v) is 8.18. The lowest BCUT2D eigenvalue weighted by Crippen LogP contribution is -3.11. The van der Waals surface area contributed by atoms with Gasteiger partial charge in [-0.25, -0.2) is 0 Å². The molecule has 0 unspecified atom stereocenters. The Labute approximate surface area is 126 Å². The standard InChI is InChI=1S/C16H35N.BrH/c1-4-7-8-9-10-11-12-13-14-15-16-17(5-2)6-3;/h4-16H2,1-3H3;1H. The van der Waals surface area contributed by atoms with Gasteiger partial charge in [-0.05, 0) is 26.7 Å². The molecule has 2 heteroatoms. The summed E-state index contributed by atoms with van der Waals surface area (Å²) in [7, 11) is 0. The highest BCUT2D eigenvalue weighted by Crippen LogP contribution is 2.09. The minimum Gasteiger partial charge on any atom is -1.00 e. The summed E-state index contributed by atoms with van der Waals surface area (Å²) >= 11 is 0. The average molecular weight is 322 g/mol. The highest BCUT2D eigenvalue weighted by molar-refractivity contribution is 4.47. The molecule has 0 aliphatic carbocycles. The molecule has 1 nitrogen and oxygen atoms in total. The van der Waals surface area contributed by atoms with Crippen molar-refractivity contribution in [1.82, 2.24) is 0 Å². The summed E-state index contributed by atoms with van der Waals surface area (Å²) in [5, 5.41) is 0. The molecule has 0 aliphatic heterocycles. The SMILES string of the molecule is CCCCCCCCCCCC[NH+](CC)CC.[Br-]. The average Bonchev–Trinajstić information content (AvgIpc) is 2.36. The van der Waals surface area contributed by atoms with E-state index in [2.05, 4.69) is 20.8 Å². The Morgan fingerprint density at radius 1 is 0.556 bits per heavy atom. The zero-order valence-electron chi connectivity index (χ0n) is 13.1. The first-order chi connectivity index (χ1) is 8.35. The number of quaternary nitrogens is 1. The predicted octanol–water partition coefficient (Wildman–Crippen LogP) is 0.836. The Morgan fingerprint density at radius 3 is 1.33 bits per heavy atom. The number of nitrogens with one attached hydrogen (secondary N) is 1. The first kappa shape index (κ1) is 20.8. The summed E-state index contributed by atoms with van der Waals surface area (Å²) in [6, 6.07) is 0. The molecule has 0 aromatic carbocycles. The van der Waals surface area contributed by atoms with Gasteiger partial charge < -0.3 is 21.9 Å². The Kier molecular flexibility index (Phi) is 20.1. The molecule has 0 radical (unpaired) electrons. The lowest BCUT2D eigenvalue weighted by atomic mass is 10.1. The second kappa shape index (κ2) is 17.4. The summed E-state index contributed by atoms with van der Waals surface area (Å²) in [5.41, 5.74) is 0. The molecular formula is C16H36BrN. The van der Waals surface area contributed by atoms with Gasteiger partial charge in [0.05, 0.1) is 19.6 Å². The summed E-state index contributed by atoms with van der Waals surface area (Å²) in [6.07, 6.45) is 14.5. The predicted molar refractivity (Wildman–Crippen MR) is 78.8 cm³/mol. The van der Waals surface area contributed by atoms with Crippen LogP contribution in [0.25, 0.3) is 0 Å². The molecule has 0 aromatic rings. The molecule has 0 bridgehead atoms. The van der Waals surface area contributed by atoms with E-state index < -0.39 is 0 Å². The summed E-state index contributed by atoms with van der Waals surface area (Å²) in [4.78, 5) is 1.77. The molecule has 0 saturated carbocycles. The minimum absolute atomic E-state index is 0. The molecule has 0 spiro atoms. The van der Waals surface area contributed by atoms with Crippen LogP contribution in [0, 0.1) is 0 Å². The minimum atomic E-state index is 0. The van der Waals surface area contributed by atoms with Crippen molar-refractivity contribution in [2.24, 2.45) is 0 Å². The van der Waals surface area contributed by atoms with Gasteiger partial charge in [0.15, 0.2) is 0 Å². The third kappa shape index (κ3) is 14.5. The van der Waals surface area contributed by atoms with Gasteiger partial charge in [0.25, 0.3) is 0 Å². The monoisotopic (exact) mass is 321 g/mol. The van der Waals surface area contributed by atoms with Crippen molar-refractivity contribution in [3.63, 3.8) is 0 Å². The van der Waals surface area contributed by atoms with Gasteiger partial charge in [0.2, 0.25) is 0 Å². The highest BCUT2D eigenvalue weighted by Gasteiger charge is 2.00. The summed E-state index contributed by atoms with van der Waals surface area (Å²) in [5.74, 6) is 0. The van der Waals surface area contributed by atoms with Crippen LogP contribution in [-0.2, 0) is 0 Å². The van der Waals surface area contributed by atoms with Crippen LogP contribution in [0.5, 0.6) is 0 Å². The topological polar surface area (TPSA) is 4.44 Å². The van der Waals surface area contributed by atoms with Gasteiger partial charge >= 0.3 is 0 Å². The van der Waals surface area contributed by atoms with Crippen LogP contribution in [0.15, 0.2) is 0 Å². The normalized spacial score (nSPS) is 10.7. The molecule has 0 amide bonds. The second-order valence-corrected chi connectivity index (χ2v) is 5.39. The Hall–Kier alpha value is 0.440. The maximum absolute atomic E-state index is 2.30. The number of hydrogen-bond donors (Lipinski definition) is 1. The molecule has 0 atom stereocenters. The Balaban J connectivity index is 0. The van der Waals surface area contributed by atoms with Crippen LogP contribution < -0.4 is 21.9 Å². The zero-order chi connectivity index (χ0) is 12.8. The van der Waals surface area contributed by atoms with Crippen molar-refractivity contribution in [2.45, 2.75) is 85.0 Å². The van der Waals surface area contributed by atoms with Crippen LogP contribution in [0.2, 0.25) is 0 Å². The van der Waals surface area contributed by atoms with E-state index in [9.17, 15) is 0 Å². The van der Waals surface area contributed by atoms with Crippen molar-refractivity contribution in [1.29, 1.82) is 0 Å². The number of halogens is 1. The molecule has 0 fully saturated rings. The van der Waals surface area contributed by atoms with E-state index in [1.165, 1.54) is 83.8 Å². The lowest BCUT2D eigenvalue weighted by molar-refractivity contribution is -0.896. The largest absolute Gasteiger partial charge is 1.00 e. The van der Waals surface area contributed by atoms with Crippen molar-refractivity contribution < 1.29 is 21.9 Å². The van der Waals surface area contributed by atoms with Crippen LogP contribution >= 0.6 is 0 Å². The van der Waals surface area contributed by atoms with Crippen molar-refractivity contribution in [2.75, 3.05) is 19.6 Å². The molecular weight excluding hydrogens is 286 g/mol. The molecule has 0 aromatic heterocycles. The number of rotatable bonds is 13. The highest BCUT2D eigenvalue weighted by atomic mass is 79.9. The quantitative estimate of drug-likeness (QED) is 0.479. The van der Waals surface area contributed by atoms with E-state index in [-0.39, 0.29) is 17.0 Å². The molecule has 0 heterocycles. The van der Waals surface area contributed by atoms with Crippen molar-refractivity contribution in [3.05, 3.63) is 0 Å². The first-order valence-electron chi connectivity index (χ1n) is 8.18. The third-order valence-electron chi connectivity index (χ3n) is 3.88. The molecule has 112 valence electrons. The maximum atomic E-state index is 2.30. The second-order valence-electron chi connectivity index (χ2n) is 5.39. The fraction of sp³-hybridized carbons (Fsp3) is 1.00. The van der Waals surface area contributed by atoms with Gasteiger partial charge in [-0.1, -0.05) is 58.3 Å². The van der Waals surface area contributed by atoms with E-state index in [0.29, 0.717) is 0 Å². The van der Waals surface area contributed by atoms with Crippen molar-refractivity contribution >= 4 is 0 Å². The van der Waals surface area contributed by atoms with Crippen LogP contribution in [0.1, 0.15) is 85.0 Å². The van der Waals surface area contributed by atoms with E-state index in [4.69, 9.17) is 0 Å². The lowest BCUT2D eigenvalue weighted by Gasteiger charge is -2.14. The fourth-order valence-electron chi connectivity index (χ4n) is 2.47. The van der Waals surface area contributed by atoms with E-state index >= 15 is 0 Å². The number of unbranched alkanes of at least 4 members (excludes halogenated alkanes) is 9. The molecule has 18 heavy (non-hydrogen) atoms. The van der Waals surface area contributed by atoms with Crippen LogP contribution in [-0.4, -0.2) is 19.6 Å². The van der Waals surface area contributed by atoms with Gasteiger partial charge in [0.1, 0.15) is 0 Å². The molecule has 0 rings (SSSR count). The summed E-state index contributed by atoms with van der Waals surface area (Å²) in [6.45, 7) is 10.9. The van der Waals surface area contributed by atoms with E-state index in [0.717, 1.165) is 0 Å². The molecule has 1 N–H and O–H groups in total. The Morgan fingerprint density at radius 2 is 0.944 bits per heavy atom. The van der Waals surface area contributed by atoms with E-state index in [1.54, 1.807) is 4.90 Å². The Bertz CT molecular complexity index is 135. The summed E-state index contributed by atoms with van der Waals surface area (Å²) < 4.78 is 0. The van der Waals surface area contributed by atoms with Crippen molar-refractivity contribution in [3.8, 4) is 0 Å². The van der Waals surface area contributed by atoms with Gasteiger partial charge in [-0.3, -0.25) is 0 Å². The van der Waals surface area contributed by atoms with Crippen LogP contribution in [0.4, 0.5) is 0 Å². The van der Waals surface area contributed by atoms with Gasteiger partial charge in [-0.15, -0.1) is 0 Å². The zero-order valence-corrected chi connectivity index (χ0v) is 14.7. The van der Waals surface area contributed by atoms with E-state index in [1.807, 2.05) is 0 Å². The fourth-order valence-corrected chi connectivity index (χ4v) is 2.47. The molecule has 0 saturated heterocycles. The number of hydrogen-bond acceptors (Lipinski definition) is 0. The smallest absolute Gasteiger partial charge is 0.0770 e. The molecule has 0 aliphatic rings. The maximum Gasteiger partial charge on any atom is 0.0770 e. The van der Waals surface area contributed by atoms with Gasteiger partial charge in [0, 0.05) is 0 Å². The van der Waals surface area contributed by atoms with Crippen LogP contribution in [0.3, 0.4) is 0 Å².